The second-order valence-corrected chi connectivity index (χ2v) is 8.59. The second kappa shape index (κ2) is 7.10. The molecule has 3 aliphatic heterocycles. The van der Waals surface area contributed by atoms with Gasteiger partial charge in [-0.3, -0.25) is 9.69 Å². The topological polar surface area (TPSA) is 26.8 Å². The van der Waals surface area contributed by atoms with Crippen molar-refractivity contribution >= 4 is 5.91 Å². The summed E-state index contributed by atoms with van der Waals surface area (Å²) in [6.45, 7) is 15.7. The first kappa shape index (κ1) is 17.2. The van der Waals surface area contributed by atoms with E-state index in [0.29, 0.717) is 18.0 Å². The Bertz CT molecular complexity index is 409. The quantitative estimate of drug-likeness (QED) is 0.795. The summed E-state index contributed by atoms with van der Waals surface area (Å²) in [6.07, 6.45) is 3.74. The third-order valence-corrected chi connectivity index (χ3v) is 6.51. The van der Waals surface area contributed by atoms with Crippen LogP contribution in [0.15, 0.2) is 0 Å². The Morgan fingerprint density at radius 1 is 0.913 bits per heavy atom. The smallest absolute Gasteiger partial charge is 0.227 e. The van der Waals surface area contributed by atoms with E-state index in [1.165, 1.54) is 25.9 Å². The lowest BCUT2D eigenvalue weighted by atomic mass is 9.85. The van der Waals surface area contributed by atoms with E-state index in [1.807, 2.05) is 0 Å². The highest BCUT2D eigenvalue weighted by atomic mass is 16.2. The summed E-state index contributed by atoms with van der Waals surface area (Å²) in [6, 6.07) is 1.20. The van der Waals surface area contributed by atoms with Crippen molar-refractivity contribution in [1.82, 2.24) is 14.7 Å². The van der Waals surface area contributed by atoms with E-state index in [1.54, 1.807) is 0 Å². The van der Waals surface area contributed by atoms with Crippen LogP contribution in [0.2, 0.25) is 0 Å². The predicted molar refractivity (Wildman–Crippen MR) is 94.3 cm³/mol. The van der Waals surface area contributed by atoms with Gasteiger partial charge in [0, 0.05) is 31.7 Å². The van der Waals surface area contributed by atoms with Crippen molar-refractivity contribution < 1.29 is 4.79 Å². The van der Waals surface area contributed by atoms with E-state index in [9.17, 15) is 4.79 Å². The maximum Gasteiger partial charge on any atom is 0.227 e. The zero-order chi connectivity index (χ0) is 16.6. The zero-order valence-corrected chi connectivity index (χ0v) is 15.5. The van der Waals surface area contributed by atoms with Crippen LogP contribution >= 0.6 is 0 Å². The molecule has 0 aromatic carbocycles. The first-order chi connectivity index (χ1) is 11.0. The van der Waals surface area contributed by atoms with E-state index in [4.69, 9.17) is 0 Å². The average molecular weight is 322 g/mol. The second-order valence-electron chi connectivity index (χ2n) is 8.59. The monoisotopic (exact) mass is 321 g/mol. The third-order valence-electron chi connectivity index (χ3n) is 6.51. The Morgan fingerprint density at radius 2 is 1.57 bits per heavy atom. The highest BCUT2D eigenvalue weighted by molar-refractivity contribution is 5.80. The van der Waals surface area contributed by atoms with Crippen molar-refractivity contribution in [3.63, 3.8) is 0 Å². The Kier molecular flexibility index (Phi) is 5.32. The first-order valence-electron chi connectivity index (χ1n) is 9.72. The molecule has 0 spiro atoms. The Labute approximate surface area is 142 Å². The number of hydrogen-bond acceptors (Lipinski definition) is 3. The van der Waals surface area contributed by atoms with Crippen molar-refractivity contribution in [2.24, 2.45) is 17.8 Å². The van der Waals surface area contributed by atoms with Crippen LogP contribution in [0, 0.1) is 17.8 Å². The van der Waals surface area contributed by atoms with Crippen LogP contribution in [-0.2, 0) is 4.79 Å². The third kappa shape index (κ3) is 3.74. The molecule has 0 N–H and O–H groups in total. The molecule has 0 bridgehead atoms. The van der Waals surface area contributed by atoms with Gasteiger partial charge in [-0.15, -0.1) is 0 Å². The van der Waals surface area contributed by atoms with Gasteiger partial charge in [0.05, 0.1) is 5.92 Å². The van der Waals surface area contributed by atoms with Gasteiger partial charge in [-0.05, 0) is 64.6 Å². The van der Waals surface area contributed by atoms with Gasteiger partial charge >= 0.3 is 0 Å². The molecule has 0 aromatic heterocycles. The number of nitrogens with zero attached hydrogens (tertiary/aromatic N) is 3. The van der Waals surface area contributed by atoms with Gasteiger partial charge in [-0.1, -0.05) is 13.8 Å². The van der Waals surface area contributed by atoms with Gasteiger partial charge in [0.25, 0.3) is 0 Å². The van der Waals surface area contributed by atoms with Crippen LogP contribution in [0.3, 0.4) is 0 Å². The van der Waals surface area contributed by atoms with E-state index in [-0.39, 0.29) is 5.92 Å². The van der Waals surface area contributed by atoms with Gasteiger partial charge in [-0.25, -0.2) is 0 Å². The van der Waals surface area contributed by atoms with Crippen molar-refractivity contribution in [2.45, 2.75) is 59.0 Å². The number of carbonyl (C=O) groups excluding carboxylic acids is 1. The van der Waals surface area contributed by atoms with Gasteiger partial charge in [0.2, 0.25) is 5.91 Å². The molecule has 4 heteroatoms. The number of piperidine rings is 1. The predicted octanol–water partition coefficient (Wildman–Crippen LogP) is 2.30. The minimum absolute atomic E-state index is 0.255. The van der Waals surface area contributed by atoms with Crippen LogP contribution in [0.25, 0.3) is 0 Å². The molecule has 4 nitrogen and oxygen atoms in total. The molecular weight excluding hydrogens is 286 g/mol. The van der Waals surface area contributed by atoms with Gasteiger partial charge in [-0.2, -0.15) is 0 Å². The molecule has 3 heterocycles. The highest BCUT2D eigenvalue weighted by Crippen LogP contribution is 2.29. The van der Waals surface area contributed by atoms with E-state index >= 15 is 0 Å². The van der Waals surface area contributed by atoms with Crippen LogP contribution in [0.5, 0.6) is 0 Å². The molecule has 0 saturated carbocycles. The minimum atomic E-state index is 0.255. The van der Waals surface area contributed by atoms with E-state index in [0.717, 1.165) is 44.4 Å². The maximum absolute atomic E-state index is 12.6. The largest absolute Gasteiger partial charge is 0.339 e. The summed E-state index contributed by atoms with van der Waals surface area (Å²) >= 11 is 0. The molecule has 0 unspecified atom stereocenters. The molecule has 0 aromatic rings. The number of likely N-dealkylation sites (tertiary alicyclic amines) is 3. The SMILES string of the molecule is CC(C)C1CCN(C2CN(C(=O)[C@H]3CCN(C(C)C)C3)C2)CC1. The molecule has 0 aliphatic carbocycles. The van der Waals surface area contributed by atoms with Crippen molar-refractivity contribution in [3.8, 4) is 0 Å². The molecular formula is C19H35N3O. The van der Waals surface area contributed by atoms with E-state index < -0.39 is 0 Å². The fourth-order valence-corrected chi connectivity index (χ4v) is 4.53. The molecule has 132 valence electrons. The Morgan fingerprint density at radius 3 is 2.09 bits per heavy atom. The minimum Gasteiger partial charge on any atom is -0.339 e. The normalized spacial score (nSPS) is 28.8. The fourth-order valence-electron chi connectivity index (χ4n) is 4.53. The number of rotatable bonds is 4. The van der Waals surface area contributed by atoms with Crippen LogP contribution in [-0.4, -0.2) is 72.0 Å². The number of carbonyl (C=O) groups is 1. The lowest BCUT2D eigenvalue weighted by molar-refractivity contribution is -0.143. The van der Waals surface area contributed by atoms with Crippen LogP contribution in [0.4, 0.5) is 0 Å². The molecule has 1 amide bonds. The first-order valence-corrected chi connectivity index (χ1v) is 9.72. The van der Waals surface area contributed by atoms with Crippen LogP contribution in [0.1, 0.15) is 47.0 Å². The summed E-state index contributed by atoms with van der Waals surface area (Å²) in [4.78, 5) is 19.8. The molecule has 0 radical (unpaired) electrons. The summed E-state index contributed by atoms with van der Waals surface area (Å²) in [7, 11) is 0. The lowest BCUT2D eigenvalue weighted by Crippen LogP contribution is -2.63. The highest BCUT2D eigenvalue weighted by Gasteiger charge is 2.40. The van der Waals surface area contributed by atoms with Crippen molar-refractivity contribution in [3.05, 3.63) is 0 Å². The average Bonchev–Trinajstić information content (AvgIpc) is 2.96. The Hall–Kier alpha value is -0.610. The summed E-state index contributed by atoms with van der Waals surface area (Å²) in [5, 5.41) is 0. The summed E-state index contributed by atoms with van der Waals surface area (Å²) in [5.74, 6) is 2.40. The lowest BCUT2D eigenvalue weighted by Gasteiger charge is -2.48. The standard InChI is InChI=1S/C19H35N3O/c1-14(2)16-5-8-20(9-6-16)18-12-22(13-18)19(23)17-7-10-21(11-17)15(3)4/h14-18H,5-13H2,1-4H3/t17-/m0/s1. The van der Waals surface area contributed by atoms with Gasteiger partial charge in [0.1, 0.15) is 0 Å². The molecule has 1 atom stereocenters. The molecule has 3 rings (SSSR count). The van der Waals surface area contributed by atoms with E-state index in [2.05, 4.69) is 42.4 Å². The number of hydrogen-bond donors (Lipinski definition) is 0. The summed E-state index contributed by atoms with van der Waals surface area (Å²) < 4.78 is 0. The Balaban J connectivity index is 1.40. The fraction of sp³-hybridized carbons (Fsp3) is 0.947. The molecule has 3 aliphatic rings. The van der Waals surface area contributed by atoms with Crippen LogP contribution < -0.4 is 0 Å². The maximum atomic E-state index is 12.6. The number of amides is 1. The molecule has 3 saturated heterocycles. The molecule has 23 heavy (non-hydrogen) atoms. The van der Waals surface area contributed by atoms with Crippen molar-refractivity contribution in [2.75, 3.05) is 39.3 Å². The van der Waals surface area contributed by atoms with Crippen molar-refractivity contribution in [1.29, 1.82) is 0 Å². The summed E-state index contributed by atoms with van der Waals surface area (Å²) in [5.41, 5.74) is 0. The van der Waals surface area contributed by atoms with Gasteiger partial charge in [0.15, 0.2) is 0 Å². The van der Waals surface area contributed by atoms with Gasteiger partial charge < -0.3 is 9.80 Å². The molecule has 3 fully saturated rings. The zero-order valence-electron chi connectivity index (χ0n) is 15.5.